The molecular weight excluding hydrogens is 361 g/mol. The number of halogens is 1. The molecule has 3 heterocycles. The van der Waals surface area contributed by atoms with Crippen LogP contribution in [-0.2, 0) is 0 Å². The van der Waals surface area contributed by atoms with Gasteiger partial charge in [-0.1, -0.05) is 12.8 Å². The van der Waals surface area contributed by atoms with Crippen LogP contribution in [0.25, 0.3) is 16.2 Å². The molecule has 0 bridgehead atoms. The molecule has 1 saturated heterocycles. The minimum Gasteiger partial charge on any atom is -0.334 e. The molecule has 2 atom stereocenters. The highest BCUT2D eigenvalue weighted by molar-refractivity contribution is 7.15. The van der Waals surface area contributed by atoms with Crippen LogP contribution in [0.15, 0.2) is 35.8 Å². The summed E-state index contributed by atoms with van der Waals surface area (Å²) in [6.07, 6.45) is 9.17. The Morgan fingerprint density at radius 3 is 2.74 bits per heavy atom. The summed E-state index contributed by atoms with van der Waals surface area (Å²) in [5, 5.41) is 1.92. The van der Waals surface area contributed by atoms with Crippen LogP contribution in [0.1, 0.15) is 49.0 Å². The van der Waals surface area contributed by atoms with Crippen molar-refractivity contribution in [2.45, 2.75) is 44.6 Å². The normalized spacial score (nSPS) is 22.8. The molecule has 0 spiro atoms. The summed E-state index contributed by atoms with van der Waals surface area (Å²) in [7, 11) is 0. The Morgan fingerprint density at radius 1 is 1.11 bits per heavy atom. The summed E-state index contributed by atoms with van der Waals surface area (Å²) in [5.74, 6) is 0.534. The van der Waals surface area contributed by atoms with Crippen molar-refractivity contribution in [3.63, 3.8) is 0 Å². The van der Waals surface area contributed by atoms with E-state index in [0.29, 0.717) is 17.7 Å². The van der Waals surface area contributed by atoms with E-state index in [1.54, 1.807) is 12.1 Å². The van der Waals surface area contributed by atoms with Crippen molar-refractivity contribution in [1.29, 1.82) is 0 Å². The maximum absolute atomic E-state index is 13.4. The van der Waals surface area contributed by atoms with Gasteiger partial charge in [0.1, 0.15) is 11.5 Å². The quantitative estimate of drug-likeness (QED) is 0.625. The molecule has 0 radical (unpaired) electrons. The molecule has 4 nitrogen and oxygen atoms in total. The minimum absolute atomic E-state index is 0.126. The average molecular weight is 383 g/mol. The number of aromatic nitrogens is 2. The molecular formula is C21H22FN3OS. The zero-order chi connectivity index (χ0) is 18.4. The number of carbonyl (C=O) groups is 1. The molecule has 1 aromatic carbocycles. The summed E-state index contributed by atoms with van der Waals surface area (Å²) in [6, 6.07) is 6.72. The molecule has 1 amide bonds. The van der Waals surface area contributed by atoms with Gasteiger partial charge in [-0.3, -0.25) is 9.20 Å². The van der Waals surface area contributed by atoms with E-state index < -0.39 is 0 Å². The lowest BCUT2D eigenvalue weighted by Crippen LogP contribution is -2.49. The third kappa shape index (κ3) is 2.96. The maximum atomic E-state index is 13.4. The van der Waals surface area contributed by atoms with Gasteiger partial charge >= 0.3 is 0 Å². The number of imidazole rings is 1. The predicted octanol–water partition coefficient (Wildman–Crippen LogP) is 5.00. The highest BCUT2D eigenvalue weighted by atomic mass is 32.1. The molecule has 2 fully saturated rings. The molecule has 27 heavy (non-hydrogen) atoms. The van der Waals surface area contributed by atoms with Crippen LogP contribution in [0, 0.1) is 11.7 Å². The van der Waals surface area contributed by atoms with Crippen LogP contribution in [-0.4, -0.2) is 32.8 Å². The first-order valence-electron chi connectivity index (χ1n) is 9.74. The van der Waals surface area contributed by atoms with Crippen LogP contribution in [0.4, 0.5) is 4.39 Å². The van der Waals surface area contributed by atoms with Crippen molar-refractivity contribution in [1.82, 2.24) is 14.3 Å². The van der Waals surface area contributed by atoms with Crippen LogP contribution >= 0.6 is 11.3 Å². The lowest BCUT2D eigenvalue weighted by Gasteiger charge is -2.44. The minimum atomic E-state index is -0.261. The van der Waals surface area contributed by atoms with Gasteiger partial charge in [0.05, 0.1) is 5.69 Å². The summed E-state index contributed by atoms with van der Waals surface area (Å²) < 4.78 is 15.1. The Bertz CT molecular complexity index is 975. The molecule has 3 aromatic rings. The van der Waals surface area contributed by atoms with Gasteiger partial charge in [0, 0.05) is 29.7 Å². The Kier molecular flexibility index (Phi) is 4.23. The largest absolute Gasteiger partial charge is 0.334 e. The number of hydrogen-bond donors (Lipinski definition) is 0. The third-order valence-corrected chi connectivity index (χ3v) is 6.91. The van der Waals surface area contributed by atoms with E-state index in [1.807, 2.05) is 16.0 Å². The Hall–Kier alpha value is -2.21. The van der Waals surface area contributed by atoms with Gasteiger partial charge in [-0.2, -0.15) is 0 Å². The number of fused-ring (bicyclic) bond motifs is 2. The maximum Gasteiger partial charge on any atom is 0.272 e. The third-order valence-electron chi connectivity index (χ3n) is 6.07. The Balaban J connectivity index is 1.47. The lowest BCUT2D eigenvalue weighted by molar-refractivity contribution is 0.0384. The highest BCUT2D eigenvalue weighted by Gasteiger charge is 2.36. The fraction of sp³-hybridized carbons (Fsp3) is 0.429. The van der Waals surface area contributed by atoms with Crippen LogP contribution in [0.3, 0.4) is 0 Å². The van der Waals surface area contributed by atoms with E-state index in [-0.39, 0.29) is 11.7 Å². The number of thiazole rings is 1. The first kappa shape index (κ1) is 16.9. The zero-order valence-electron chi connectivity index (χ0n) is 15.1. The average Bonchev–Trinajstić information content (AvgIpc) is 3.28. The number of piperidine rings is 1. The van der Waals surface area contributed by atoms with Gasteiger partial charge in [-0.25, -0.2) is 9.37 Å². The smallest absolute Gasteiger partial charge is 0.272 e. The summed E-state index contributed by atoms with van der Waals surface area (Å²) in [4.78, 5) is 20.9. The van der Waals surface area contributed by atoms with E-state index in [1.165, 1.54) is 49.2 Å². The summed E-state index contributed by atoms with van der Waals surface area (Å²) in [6.45, 7) is 0.858. The van der Waals surface area contributed by atoms with Gasteiger partial charge in [-0.05, 0) is 55.9 Å². The number of carbonyl (C=O) groups excluding carboxylic acids is 1. The molecule has 1 aliphatic heterocycles. The fourth-order valence-electron chi connectivity index (χ4n) is 4.72. The molecule has 2 aromatic heterocycles. The second kappa shape index (κ2) is 6.75. The molecule has 0 N–H and O–H groups in total. The predicted molar refractivity (Wildman–Crippen MR) is 104 cm³/mol. The van der Waals surface area contributed by atoms with Crippen molar-refractivity contribution >= 4 is 22.2 Å². The van der Waals surface area contributed by atoms with Gasteiger partial charge in [0.25, 0.3) is 5.91 Å². The number of amides is 1. The monoisotopic (exact) mass is 383 g/mol. The number of benzene rings is 1. The molecule has 5 rings (SSSR count). The van der Waals surface area contributed by atoms with Crippen LogP contribution < -0.4 is 0 Å². The highest BCUT2D eigenvalue weighted by Crippen LogP contribution is 2.36. The van der Waals surface area contributed by atoms with Crippen LogP contribution in [0.5, 0.6) is 0 Å². The second-order valence-corrected chi connectivity index (χ2v) is 8.50. The molecule has 6 heteroatoms. The lowest BCUT2D eigenvalue weighted by atomic mass is 9.78. The van der Waals surface area contributed by atoms with Crippen molar-refractivity contribution in [2.24, 2.45) is 5.92 Å². The first-order chi connectivity index (χ1) is 13.2. The van der Waals surface area contributed by atoms with Crippen molar-refractivity contribution in [2.75, 3.05) is 6.54 Å². The number of rotatable bonds is 2. The molecule has 1 saturated carbocycles. The number of likely N-dealkylation sites (tertiary alicyclic amines) is 1. The second-order valence-electron chi connectivity index (χ2n) is 7.66. The Labute approximate surface area is 161 Å². The van der Waals surface area contributed by atoms with E-state index in [4.69, 9.17) is 0 Å². The van der Waals surface area contributed by atoms with Crippen LogP contribution in [0.2, 0.25) is 0 Å². The van der Waals surface area contributed by atoms with Gasteiger partial charge in [-0.15, -0.1) is 11.3 Å². The summed E-state index contributed by atoms with van der Waals surface area (Å²) >= 11 is 1.48. The zero-order valence-corrected chi connectivity index (χ0v) is 15.9. The van der Waals surface area contributed by atoms with Crippen molar-refractivity contribution < 1.29 is 9.18 Å². The van der Waals surface area contributed by atoms with Gasteiger partial charge < -0.3 is 4.90 Å². The molecule has 1 aliphatic carbocycles. The molecule has 140 valence electrons. The number of nitrogens with zero attached hydrogens (tertiary/aromatic N) is 3. The van der Waals surface area contributed by atoms with Gasteiger partial charge in [0.15, 0.2) is 4.96 Å². The van der Waals surface area contributed by atoms with E-state index in [2.05, 4.69) is 9.88 Å². The Morgan fingerprint density at radius 2 is 1.89 bits per heavy atom. The first-order valence-corrected chi connectivity index (χ1v) is 10.6. The van der Waals surface area contributed by atoms with E-state index >= 15 is 0 Å². The van der Waals surface area contributed by atoms with E-state index in [9.17, 15) is 9.18 Å². The topological polar surface area (TPSA) is 37.6 Å². The summed E-state index contributed by atoms with van der Waals surface area (Å²) in [5.41, 5.74) is 2.32. The standard InChI is InChI=1S/C21H22FN3OS/c22-16-9-7-14(8-10-16)17-12-25-19(13-27-21(25)23-17)20(26)24-11-3-5-15-4-1-2-6-18(15)24/h7-10,12-13,15,18H,1-6,11H2. The van der Waals surface area contributed by atoms with E-state index in [0.717, 1.165) is 35.6 Å². The molecule has 2 unspecified atom stereocenters. The number of hydrogen-bond acceptors (Lipinski definition) is 3. The van der Waals surface area contributed by atoms with Crippen molar-refractivity contribution in [3.05, 3.63) is 47.4 Å². The van der Waals surface area contributed by atoms with Gasteiger partial charge in [0.2, 0.25) is 0 Å². The fourth-order valence-corrected chi connectivity index (χ4v) is 5.57. The SMILES string of the molecule is O=C(c1csc2nc(-c3ccc(F)cc3)cn12)N1CCCC2CCCCC21. The molecule has 2 aliphatic rings. The van der Waals surface area contributed by atoms with Crippen molar-refractivity contribution in [3.8, 4) is 11.3 Å².